The molecule has 8 heteroatoms. The van der Waals surface area contributed by atoms with Gasteiger partial charge in [-0.3, -0.25) is 0 Å². The molecule has 3 aliphatic rings. The molecule has 0 saturated heterocycles. The van der Waals surface area contributed by atoms with Crippen LogP contribution in [-0.4, -0.2) is 76.0 Å². The zero-order valence-electron chi connectivity index (χ0n) is 22.5. The number of rotatable bonds is 3. The van der Waals surface area contributed by atoms with Gasteiger partial charge in [-0.2, -0.15) is 0 Å². The molecule has 0 aromatic heterocycles. The first-order chi connectivity index (χ1) is 18.1. The van der Waals surface area contributed by atoms with Crippen LogP contribution in [0.1, 0.15) is 58.8 Å². The van der Waals surface area contributed by atoms with Crippen molar-refractivity contribution in [2.24, 2.45) is 5.92 Å². The number of hydrogen-bond acceptors (Lipinski definition) is 7. The van der Waals surface area contributed by atoms with Gasteiger partial charge in [-0.25, -0.2) is 4.79 Å². The molecule has 0 spiro atoms. The van der Waals surface area contributed by atoms with Crippen LogP contribution >= 0.6 is 11.6 Å². The second-order valence-corrected chi connectivity index (χ2v) is 11.4. The van der Waals surface area contributed by atoms with Crippen LogP contribution in [0.25, 0.3) is 0 Å². The molecular formula is C30H43ClO7. The molecule has 7 nitrogen and oxygen atoms in total. The highest BCUT2D eigenvalue weighted by atomic mass is 35.5. The number of hydrogen-bond donors (Lipinski definition) is 3. The number of ether oxygens (including phenoxy) is 3. The maximum absolute atomic E-state index is 12.7. The van der Waals surface area contributed by atoms with Crippen LogP contribution in [-0.2, 0) is 19.0 Å². The van der Waals surface area contributed by atoms with E-state index in [2.05, 4.69) is 19.6 Å². The molecule has 3 heterocycles. The number of carbonyl (C=O) groups excluding carboxylic acids is 1. The summed E-state index contributed by atoms with van der Waals surface area (Å²) in [6, 6.07) is 0. The third-order valence-electron chi connectivity index (χ3n) is 7.20. The molecule has 0 radical (unpaired) electrons. The van der Waals surface area contributed by atoms with Crippen molar-refractivity contribution in [1.29, 1.82) is 0 Å². The summed E-state index contributed by atoms with van der Waals surface area (Å²) in [6.07, 6.45) is 11.3. The molecule has 0 aromatic carbocycles. The molecule has 0 unspecified atom stereocenters. The second kappa shape index (κ2) is 15.2. The molecule has 0 fully saturated rings. The highest BCUT2D eigenvalue weighted by Crippen LogP contribution is 2.27. The first-order valence-electron chi connectivity index (χ1n) is 13.6. The standard InChI is InChI=1S/C30H43ClO7/c1-19-12-13-36-23(15-19)10-11-26(32)28-18-25(31)30(35)27(33)17-21(3)14-20(2)16-24-8-4-6-22(37-24)7-5-9-29(34)38-28/h4-6,9-12,20,22-28,30,32-33,35H,3,7-8,13-18H2,1-2H3/b9-5-,11-10+/t20-,22-,23+,24-,25+,26-,27-,28-,30+/m0/s1. The molecule has 38 heavy (non-hydrogen) atoms. The van der Waals surface area contributed by atoms with E-state index in [-0.39, 0.29) is 31.2 Å². The first-order valence-corrected chi connectivity index (χ1v) is 14.0. The largest absolute Gasteiger partial charge is 0.456 e. The van der Waals surface area contributed by atoms with E-state index in [4.69, 9.17) is 25.8 Å². The Balaban J connectivity index is 1.75. The van der Waals surface area contributed by atoms with Crippen molar-refractivity contribution in [2.45, 2.75) is 107 Å². The SMILES string of the molecule is C=C1C[C@H](C)C[C@@H]2CC=C[C@@H](C/C=C\C(=O)O[C@H]([C@@H](O)/C=C/[C@@H]3CC(C)=CCO3)C[C@@H](Cl)[C@@H](O)[C@@H](O)C1)O2. The summed E-state index contributed by atoms with van der Waals surface area (Å²) in [5, 5.41) is 31.3. The summed E-state index contributed by atoms with van der Waals surface area (Å²) in [5.41, 5.74) is 2.02. The fraction of sp³-hybridized carbons (Fsp3) is 0.633. The van der Waals surface area contributed by atoms with Gasteiger partial charge < -0.3 is 29.5 Å². The van der Waals surface area contributed by atoms with E-state index in [0.29, 0.717) is 31.8 Å². The van der Waals surface area contributed by atoms with Gasteiger partial charge in [0, 0.05) is 12.5 Å². The number of fused-ring (bicyclic) bond motifs is 2. The quantitative estimate of drug-likeness (QED) is 0.273. The Morgan fingerprint density at radius 3 is 2.71 bits per heavy atom. The van der Waals surface area contributed by atoms with Crippen LogP contribution in [0.4, 0.5) is 0 Å². The lowest BCUT2D eigenvalue weighted by Gasteiger charge is -2.29. The summed E-state index contributed by atoms with van der Waals surface area (Å²) in [7, 11) is 0. The summed E-state index contributed by atoms with van der Waals surface area (Å²) >= 11 is 6.49. The van der Waals surface area contributed by atoms with Crippen LogP contribution in [0.2, 0.25) is 0 Å². The molecule has 3 rings (SSSR count). The van der Waals surface area contributed by atoms with Crippen LogP contribution in [0.15, 0.2) is 60.3 Å². The van der Waals surface area contributed by atoms with Crippen LogP contribution in [0.3, 0.4) is 0 Å². The van der Waals surface area contributed by atoms with Gasteiger partial charge in [0.15, 0.2) is 0 Å². The van der Waals surface area contributed by atoms with Crippen molar-refractivity contribution in [3.05, 3.63) is 60.3 Å². The Hall–Kier alpha value is -1.74. The fourth-order valence-electron chi connectivity index (χ4n) is 5.15. The minimum atomic E-state index is -1.29. The third kappa shape index (κ3) is 10.1. The van der Waals surface area contributed by atoms with E-state index in [1.54, 1.807) is 12.2 Å². The Morgan fingerprint density at radius 2 is 1.95 bits per heavy atom. The van der Waals surface area contributed by atoms with Crippen molar-refractivity contribution in [2.75, 3.05) is 6.61 Å². The van der Waals surface area contributed by atoms with Gasteiger partial charge in [-0.05, 0) is 51.4 Å². The average molecular weight is 551 g/mol. The lowest BCUT2D eigenvalue weighted by atomic mass is 9.90. The fourth-order valence-corrected chi connectivity index (χ4v) is 5.49. The Morgan fingerprint density at radius 1 is 1.16 bits per heavy atom. The molecule has 3 aliphatic heterocycles. The number of cyclic esters (lactones) is 1. The van der Waals surface area contributed by atoms with Crippen molar-refractivity contribution >= 4 is 17.6 Å². The maximum atomic E-state index is 12.7. The molecule has 2 bridgehead atoms. The number of alkyl halides is 1. The van der Waals surface area contributed by atoms with E-state index >= 15 is 0 Å². The molecule has 0 aromatic rings. The Labute approximate surface area is 231 Å². The van der Waals surface area contributed by atoms with Gasteiger partial charge in [-0.15, -0.1) is 11.6 Å². The number of esters is 1. The lowest BCUT2D eigenvalue weighted by Crippen LogP contribution is -2.40. The topological polar surface area (TPSA) is 105 Å². The number of carbonyl (C=O) groups is 1. The van der Waals surface area contributed by atoms with Crippen LogP contribution in [0, 0.1) is 5.92 Å². The monoisotopic (exact) mass is 550 g/mol. The van der Waals surface area contributed by atoms with E-state index < -0.39 is 35.8 Å². The summed E-state index contributed by atoms with van der Waals surface area (Å²) in [4.78, 5) is 12.7. The van der Waals surface area contributed by atoms with Crippen LogP contribution < -0.4 is 0 Å². The summed E-state index contributed by atoms with van der Waals surface area (Å²) in [6.45, 7) is 8.74. The minimum absolute atomic E-state index is 0.0612. The molecule has 212 valence electrons. The maximum Gasteiger partial charge on any atom is 0.330 e. The van der Waals surface area contributed by atoms with Crippen LogP contribution in [0.5, 0.6) is 0 Å². The first kappa shape index (κ1) is 30.8. The molecule has 0 saturated carbocycles. The number of aliphatic hydroxyl groups is 3. The predicted octanol–water partition coefficient (Wildman–Crippen LogP) is 4.31. The highest BCUT2D eigenvalue weighted by Gasteiger charge is 2.32. The molecule has 3 N–H and O–H groups in total. The van der Waals surface area contributed by atoms with Gasteiger partial charge in [0.05, 0.1) is 42.5 Å². The van der Waals surface area contributed by atoms with Gasteiger partial charge in [0.1, 0.15) is 12.2 Å². The van der Waals surface area contributed by atoms with Gasteiger partial charge in [0.2, 0.25) is 0 Å². The predicted molar refractivity (Wildman–Crippen MR) is 148 cm³/mol. The van der Waals surface area contributed by atoms with E-state index in [0.717, 1.165) is 18.4 Å². The Bertz CT molecular complexity index is 910. The molecule has 0 aliphatic carbocycles. The third-order valence-corrected chi connectivity index (χ3v) is 7.63. The summed E-state index contributed by atoms with van der Waals surface area (Å²) in [5.74, 6) is -0.340. The number of aliphatic hydroxyl groups excluding tert-OH is 3. The average Bonchev–Trinajstić information content (AvgIpc) is 2.85. The van der Waals surface area contributed by atoms with E-state index in [9.17, 15) is 20.1 Å². The van der Waals surface area contributed by atoms with Crippen molar-refractivity contribution in [1.82, 2.24) is 0 Å². The van der Waals surface area contributed by atoms with E-state index in [1.165, 1.54) is 17.7 Å². The van der Waals surface area contributed by atoms with Crippen molar-refractivity contribution in [3.63, 3.8) is 0 Å². The smallest absolute Gasteiger partial charge is 0.330 e. The van der Waals surface area contributed by atoms with Crippen molar-refractivity contribution in [3.8, 4) is 0 Å². The van der Waals surface area contributed by atoms with E-state index in [1.807, 2.05) is 19.1 Å². The lowest BCUT2D eigenvalue weighted by molar-refractivity contribution is -0.148. The highest BCUT2D eigenvalue weighted by molar-refractivity contribution is 6.21. The number of halogens is 1. The Kier molecular flexibility index (Phi) is 12.3. The zero-order chi connectivity index (χ0) is 27.7. The normalized spacial score (nSPS) is 38.1. The van der Waals surface area contributed by atoms with Gasteiger partial charge in [0.25, 0.3) is 0 Å². The summed E-state index contributed by atoms with van der Waals surface area (Å²) < 4.78 is 17.4. The second-order valence-electron chi connectivity index (χ2n) is 10.9. The molecular weight excluding hydrogens is 508 g/mol. The van der Waals surface area contributed by atoms with Crippen molar-refractivity contribution < 1.29 is 34.3 Å². The molecule has 0 amide bonds. The van der Waals surface area contributed by atoms with Gasteiger partial charge in [-0.1, -0.05) is 61.1 Å². The molecule has 9 atom stereocenters. The minimum Gasteiger partial charge on any atom is -0.456 e. The van der Waals surface area contributed by atoms with Gasteiger partial charge >= 0.3 is 5.97 Å². The zero-order valence-corrected chi connectivity index (χ0v) is 23.2.